The first-order valence-corrected chi connectivity index (χ1v) is 8.84. The van der Waals surface area contributed by atoms with Crippen LogP contribution in [0.1, 0.15) is 17.9 Å². The molecule has 1 aromatic heterocycles. The molecule has 23 heavy (non-hydrogen) atoms. The standard InChI is InChI=1S/C16H21N3O3S/c1-11-3-5-12(6-4-11)15-18-14(22-19-15)7-9-17-16(21)13(20)8-10-23-2/h3-6,13,20H,7-10H2,1-2H3,(H,17,21)/t13-/m0/s1. The lowest BCUT2D eigenvalue weighted by molar-refractivity contribution is -0.129. The van der Waals surface area contributed by atoms with Crippen molar-refractivity contribution in [3.05, 3.63) is 35.7 Å². The maximum absolute atomic E-state index is 11.7. The Morgan fingerprint density at radius 2 is 2.13 bits per heavy atom. The van der Waals surface area contributed by atoms with Gasteiger partial charge < -0.3 is 14.9 Å². The number of amides is 1. The van der Waals surface area contributed by atoms with Gasteiger partial charge in [0.25, 0.3) is 0 Å². The zero-order valence-corrected chi connectivity index (χ0v) is 14.1. The van der Waals surface area contributed by atoms with Crippen molar-refractivity contribution in [2.24, 2.45) is 0 Å². The van der Waals surface area contributed by atoms with Crippen LogP contribution in [-0.2, 0) is 11.2 Å². The minimum Gasteiger partial charge on any atom is -0.383 e. The van der Waals surface area contributed by atoms with Crippen molar-refractivity contribution in [3.63, 3.8) is 0 Å². The molecular formula is C16H21N3O3S. The fourth-order valence-corrected chi connectivity index (χ4v) is 2.41. The summed E-state index contributed by atoms with van der Waals surface area (Å²) in [6, 6.07) is 7.85. The highest BCUT2D eigenvalue weighted by atomic mass is 32.2. The van der Waals surface area contributed by atoms with Gasteiger partial charge in [-0.15, -0.1) is 0 Å². The molecular weight excluding hydrogens is 314 g/mol. The van der Waals surface area contributed by atoms with Crippen LogP contribution in [-0.4, -0.2) is 45.8 Å². The van der Waals surface area contributed by atoms with E-state index in [0.29, 0.717) is 31.1 Å². The summed E-state index contributed by atoms with van der Waals surface area (Å²) in [7, 11) is 0. The van der Waals surface area contributed by atoms with E-state index in [4.69, 9.17) is 4.52 Å². The third kappa shape index (κ3) is 5.37. The number of hydrogen-bond acceptors (Lipinski definition) is 6. The second-order valence-corrected chi connectivity index (χ2v) is 6.20. The van der Waals surface area contributed by atoms with Gasteiger partial charge in [-0.3, -0.25) is 4.79 Å². The van der Waals surface area contributed by atoms with E-state index in [1.807, 2.05) is 37.4 Å². The lowest BCUT2D eigenvalue weighted by Crippen LogP contribution is -2.36. The first-order chi connectivity index (χ1) is 11.1. The van der Waals surface area contributed by atoms with Crippen LogP contribution in [0.4, 0.5) is 0 Å². The van der Waals surface area contributed by atoms with Crippen molar-refractivity contribution in [3.8, 4) is 11.4 Å². The molecule has 1 amide bonds. The summed E-state index contributed by atoms with van der Waals surface area (Å²) in [5.41, 5.74) is 2.06. The molecule has 0 aliphatic carbocycles. The van der Waals surface area contributed by atoms with Crippen LogP contribution in [0.15, 0.2) is 28.8 Å². The molecule has 124 valence electrons. The predicted molar refractivity (Wildman–Crippen MR) is 90.2 cm³/mol. The lowest BCUT2D eigenvalue weighted by atomic mass is 10.1. The van der Waals surface area contributed by atoms with E-state index < -0.39 is 6.10 Å². The molecule has 0 spiro atoms. The molecule has 0 radical (unpaired) electrons. The van der Waals surface area contributed by atoms with Crippen molar-refractivity contribution < 1.29 is 14.4 Å². The first kappa shape index (κ1) is 17.5. The van der Waals surface area contributed by atoms with Gasteiger partial charge in [0, 0.05) is 18.5 Å². The van der Waals surface area contributed by atoms with Gasteiger partial charge in [0.15, 0.2) is 0 Å². The fraction of sp³-hybridized carbons (Fsp3) is 0.438. The van der Waals surface area contributed by atoms with Crippen LogP contribution in [0, 0.1) is 6.92 Å². The first-order valence-electron chi connectivity index (χ1n) is 7.44. The van der Waals surface area contributed by atoms with Crippen LogP contribution >= 0.6 is 11.8 Å². The Balaban J connectivity index is 1.81. The topological polar surface area (TPSA) is 88.2 Å². The van der Waals surface area contributed by atoms with Gasteiger partial charge in [-0.2, -0.15) is 16.7 Å². The Hall–Kier alpha value is -1.86. The zero-order valence-electron chi connectivity index (χ0n) is 13.3. The van der Waals surface area contributed by atoms with E-state index >= 15 is 0 Å². The number of aromatic nitrogens is 2. The number of carbonyl (C=O) groups is 1. The predicted octanol–water partition coefficient (Wildman–Crippen LogP) is 1.82. The molecule has 0 unspecified atom stereocenters. The quantitative estimate of drug-likeness (QED) is 0.765. The number of aliphatic hydroxyl groups excluding tert-OH is 1. The second-order valence-electron chi connectivity index (χ2n) is 5.22. The highest BCUT2D eigenvalue weighted by Crippen LogP contribution is 2.16. The van der Waals surface area contributed by atoms with Crippen LogP contribution < -0.4 is 5.32 Å². The zero-order chi connectivity index (χ0) is 16.7. The average molecular weight is 335 g/mol. The number of rotatable bonds is 8. The number of thioether (sulfide) groups is 1. The number of aliphatic hydroxyl groups is 1. The molecule has 1 atom stereocenters. The summed E-state index contributed by atoms with van der Waals surface area (Å²) in [5, 5.41) is 16.3. The number of aryl methyl sites for hydroxylation is 1. The highest BCUT2D eigenvalue weighted by molar-refractivity contribution is 7.98. The summed E-state index contributed by atoms with van der Waals surface area (Å²) in [6.45, 7) is 2.37. The van der Waals surface area contributed by atoms with Gasteiger partial charge in [0.2, 0.25) is 17.6 Å². The molecule has 0 fully saturated rings. The number of nitrogens with one attached hydrogen (secondary N) is 1. The Morgan fingerprint density at radius 3 is 2.83 bits per heavy atom. The highest BCUT2D eigenvalue weighted by Gasteiger charge is 2.14. The maximum atomic E-state index is 11.7. The molecule has 1 aromatic carbocycles. The van der Waals surface area contributed by atoms with Crippen molar-refractivity contribution >= 4 is 17.7 Å². The van der Waals surface area contributed by atoms with Gasteiger partial charge in [0.1, 0.15) is 6.10 Å². The normalized spacial score (nSPS) is 12.1. The summed E-state index contributed by atoms with van der Waals surface area (Å²) in [5.74, 6) is 1.38. The molecule has 2 aromatic rings. The van der Waals surface area contributed by atoms with Crippen LogP contribution in [0.25, 0.3) is 11.4 Å². The van der Waals surface area contributed by atoms with Gasteiger partial charge in [0.05, 0.1) is 0 Å². The summed E-state index contributed by atoms with van der Waals surface area (Å²) >= 11 is 1.60. The second kappa shape index (κ2) is 8.69. The average Bonchev–Trinajstić information content (AvgIpc) is 3.02. The number of hydrogen-bond donors (Lipinski definition) is 2. The van der Waals surface area contributed by atoms with E-state index in [1.165, 1.54) is 5.56 Å². The van der Waals surface area contributed by atoms with Crippen molar-refractivity contribution in [2.75, 3.05) is 18.6 Å². The number of carbonyl (C=O) groups excluding carboxylic acids is 1. The van der Waals surface area contributed by atoms with Crippen LogP contribution in [0.5, 0.6) is 0 Å². The molecule has 2 N–H and O–H groups in total. The Kier molecular flexibility index (Phi) is 6.61. The largest absolute Gasteiger partial charge is 0.383 e. The Labute approximate surface area is 139 Å². The van der Waals surface area contributed by atoms with Crippen LogP contribution in [0.3, 0.4) is 0 Å². The molecule has 2 rings (SSSR count). The van der Waals surface area contributed by atoms with E-state index in [1.54, 1.807) is 11.8 Å². The molecule has 0 saturated carbocycles. The van der Waals surface area contributed by atoms with Gasteiger partial charge in [-0.05, 0) is 25.4 Å². The number of nitrogens with zero attached hydrogens (tertiary/aromatic N) is 2. The van der Waals surface area contributed by atoms with E-state index in [2.05, 4.69) is 15.5 Å². The monoisotopic (exact) mass is 335 g/mol. The SMILES string of the molecule is CSCC[C@H](O)C(=O)NCCc1nc(-c2ccc(C)cc2)no1. The van der Waals surface area contributed by atoms with Crippen molar-refractivity contribution in [2.45, 2.75) is 25.9 Å². The smallest absolute Gasteiger partial charge is 0.248 e. The molecule has 0 saturated heterocycles. The van der Waals surface area contributed by atoms with E-state index in [9.17, 15) is 9.90 Å². The van der Waals surface area contributed by atoms with E-state index in [0.717, 1.165) is 11.3 Å². The van der Waals surface area contributed by atoms with Crippen molar-refractivity contribution in [1.82, 2.24) is 15.5 Å². The lowest BCUT2D eigenvalue weighted by Gasteiger charge is -2.09. The number of benzene rings is 1. The molecule has 0 bridgehead atoms. The summed E-state index contributed by atoms with van der Waals surface area (Å²) in [6.07, 6.45) is 1.85. The Bertz CT molecular complexity index is 628. The molecule has 0 aliphatic rings. The summed E-state index contributed by atoms with van der Waals surface area (Å²) in [4.78, 5) is 16.0. The van der Waals surface area contributed by atoms with Crippen molar-refractivity contribution in [1.29, 1.82) is 0 Å². The minimum atomic E-state index is -0.965. The summed E-state index contributed by atoms with van der Waals surface area (Å²) < 4.78 is 5.18. The molecule has 0 aliphatic heterocycles. The molecule has 6 nitrogen and oxygen atoms in total. The fourth-order valence-electron chi connectivity index (χ4n) is 1.95. The third-order valence-corrected chi connectivity index (χ3v) is 3.96. The molecule has 1 heterocycles. The maximum Gasteiger partial charge on any atom is 0.248 e. The Morgan fingerprint density at radius 1 is 1.39 bits per heavy atom. The van der Waals surface area contributed by atoms with Gasteiger partial charge >= 0.3 is 0 Å². The third-order valence-electron chi connectivity index (χ3n) is 3.31. The van der Waals surface area contributed by atoms with Gasteiger partial charge in [-0.1, -0.05) is 35.0 Å². The van der Waals surface area contributed by atoms with E-state index in [-0.39, 0.29) is 5.91 Å². The molecule has 7 heteroatoms. The van der Waals surface area contributed by atoms with Gasteiger partial charge in [-0.25, -0.2) is 0 Å². The van der Waals surface area contributed by atoms with Crippen LogP contribution in [0.2, 0.25) is 0 Å². The minimum absolute atomic E-state index is 0.352.